The molecule has 0 aromatic heterocycles. The van der Waals surface area contributed by atoms with Crippen molar-refractivity contribution in [2.45, 2.75) is 44.3 Å². The SMILES string of the molecule is C=C1C[C@]23C[C@@]1(O)CC[C@H]2C1=CC(=O)[C@H](O)[C@@](C)(C(=O)O)[C@H]1[C@@H]3C(=O)O. The summed E-state index contributed by atoms with van der Waals surface area (Å²) >= 11 is 0. The Bertz CT molecular complexity index is 798. The molecule has 0 aliphatic heterocycles. The first kappa shape index (κ1) is 17.4. The molecule has 3 fully saturated rings. The van der Waals surface area contributed by atoms with Gasteiger partial charge in [-0.15, -0.1) is 0 Å². The second kappa shape index (κ2) is 4.84. The van der Waals surface area contributed by atoms with E-state index in [1.807, 2.05) is 0 Å². The van der Waals surface area contributed by atoms with Crippen LogP contribution in [0.5, 0.6) is 0 Å². The average molecular weight is 362 g/mol. The highest BCUT2D eigenvalue weighted by Crippen LogP contribution is 2.73. The van der Waals surface area contributed by atoms with Crippen LogP contribution < -0.4 is 0 Å². The zero-order valence-electron chi connectivity index (χ0n) is 14.4. The third-order valence-corrected chi connectivity index (χ3v) is 7.60. The quantitative estimate of drug-likeness (QED) is 0.533. The first-order chi connectivity index (χ1) is 12.0. The monoisotopic (exact) mass is 362 g/mol. The van der Waals surface area contributed by atoms with Gasteiger partial charge in [0.15, 0.2) is 5.78 Å². The number of carboxylic acid groups (broad SMARTS) is 2. The van der Waals surface area contributed by atoms with Crippen LogP contribution in [0.15, 0.2) is 23.8 Å². The number of hydrogen-bond acceptors (Lipinski definition) is 5. The van der Waals surface area contributed by atoms with Crippen molar-refractivity contribution in [1.29, 1.82) is 0 Å². The van der Waals surface area contributed by atoms with Gasteiger partial charge < -0.3 is 20.4 Å². The van der Waals surface area contributed by atoms with Crippen LogP contribution in [0.2, 0.25) is 0 Å². The number of aliphatic hydroxyl groups excluding tert-OH is 1. The molecule has 3 saturated carbocycles. The first-order valence-electron chi connectivity index (χ1n) is 8.79. The number of hydrogen-bond donors (Lipinski definition) is 4. The summed E-state index contributed by atoms with van der Waals surface area (Å²) in [5, 5.41) is 41.1. The Morgan fingerprint density at radius 3 is 2.54 bits per heavy atom. The summed E-state index contributed by atoms with van der Waals surface area (Å²) in [6, 6.07) is 0. The molecule has 2 bridgehead atoms. The Labute approximate surface area is 150 Å². The molecule has 0 heterocycles. The Morgan fingerprint density at radius 1 is 1.31 bits per heavy atom. The lowest BCUT2D eigenvalue weighted by Gasteiger charge is -2.42. The van der Waals surface area contributed by atoms with Crippen LogP contribution in [0.25, 0.3) is 0 Å². The highest BCUT2D eigenvalue weighted by atomic mass is 16.4. The predicted octanol–water partition coefficient (Wildman–Crippen LogP) is 0.755. The van der Waals surface area contributed by atoms with E-state index in [2.05, 4.69) is 6.58 Å². The molecule has 140 valence electrons. The molecule has 0 amide bonds. The number of carbonyl (C=O) groups is 3. The molecular formula is C19H22O7. The lowest BCUT2D eigenvalue weighted by molar-refractivity contribution is -0.170. The van der Waals surface area contributed by atoms with E-state index in [-0.39, 0.29) is 12.3 Å². The van der Waals surface area contributed by atoms with Crippen LogP contribution in [0, 0.1) is 28.6 Å². The summed E-state index contributed by atoms with van der Waals surface area (Å²) in [5.41, 5.74) is -2.84. The zero-order valence-corrected chi connectivity index (χ0v) is 14.4. The molecule has 4 rings (SSSR count). The fourth-order valence-electron chi connectivity index (χ4n) is 6.38. The van der Waals surface area contributed by atoms with Gasteiger partial charge in [-0.05, 0) is 55.6 Å². The summed E-state index contributed by atoms with van der Waals surface area (Å²) in [7, 11) is 0. The first-order valence-corrected chi connectivity index (χ1v) is 8.79. The number of carboxylic acids is 2. The van der Waals surface area contributed by atoms with E-state index >= 15 is 0 Å². The van der Waals surface area contributed by atoms with Crippen molar-refractivity contribution in [3.63, 3.8) is 0 Å². The summed E-state index contributed by atoms with van der Waals surface area (Å²) in [6.45, 7) is 5.20. The van der Waals surface area contributed by atoms with Crippen LogP contribution >= 0.6 is 0 Å². The number of aliphatic hydroxyl groups is 2. The summed E-state index contributed by atoms with van der Waals surface area (Å²) in [6.07, 6.45) is 0.847. The maximum atomic E-state index is 12.3. The minimum absolute atomic E-state index is 0.203. The predicted molar refractivity (Wildman–Crippen MR) is 87.9 cm³/mol. The Morgan fingerprint density at radius 2 is 1.96 bits per heavy atom. The zero-order chi connectivity index (χ0) is 19.2. The molecule has 4 aliphatic rings. The molecule has 4 N–H and O–H groups in total. The van der Waals surface area contributed by atoms with Gasteiger partial charge in [0, 0.05) is 5.92 Å². The maximum absolute atomic E-state index is 12.3. The minimum atomic E-state index is -1.92. The van der Waals surface area contributed by atoms with Gasteiger partial charge in [-0.2, -0.15) is 0 Å². The fraction of sp³-hybridized carbons (Fsp3) is 0.632. The number of allylic oxidation sites excluding steroid dienone is 1. The van der Waals surface area contributed by atoms with Crippen LogP contribution in [0.3, 0.4) is 0 Å². The standard InChI is InChI=1S/C19H22O7/c1-8-6-18-7-19(8,26)4-3-10(18)9-5-11(20)14(21)17(2,16(24)25)12(9)13(18)15(22)23/h5,10,12-14,21,26H,1,3-4,6-7H2,2H3,(H,22,23)(H,24,25)/t10-,12+,13+,14-,17-,18-,19-/m0/s1. The van der Waals surface area contributed by atoms with E-state index in [9.17, 15) is 34.8 Å². The molecule has 0 radical (unpaired) electrons. The number of fused-ring (bicyclic) bond motifs is 3. The highest BCUT2D eigenvalue weighted by molar-refractivity contribution is 6.01. The molecule has 0 saturated heterocycles. The Hall–Kier alpha value is -1.99. The number of aliphatic carboxylic acids is 2. The van der Waals surface area contributed by atoms with Crippen LogP contribution in [-0.2, 0) is 14.4 Å². The highest BCUT2D eigenvalue weighted by Gasteiger charge is 2.73. The third-order valence-electron chi connectivity index (χ3n) is 7.60. The molecule has 4 aliphatic carbocycles. The summed E-state index contributed by atoms with van der Waals surface area (Å²) in [4.78, 5) is 36.7. The van der Waals surface area contributed by atoms with E-state index in [1.54, 1.807) is 0 Å². The fourth-order valence-corrected chi connectivity index (χ4v) is 6.38. The molecular weight excluding hydrogens is 340 g/mol. The van der Waals surface area contributed by atoms with Crippen LogP contribution in [0.4, 0.5) is 0 Å². The topological polar surface area (TPSA) is 132 Å². The van der Waals surface area contributed by atoms with E-state index in [1.165, 1.54) is 13.0 Å². The Kier molecular flexibility index (Phi) is 3.24. The lowest BCUT2D eigenvalue weighted by atomic mass is 9.60. The van der Waals surface area contributed by atoms with E-state index in [0.29, 0.717) is 30.4 Å². The molecule has 0 aromatic carbocycles. The molecule has 7 atom stereocenters. The maximum Gasteiger partial charge on any atom is 0.313 e. The van der Waals surface area contributed by atoms with Crippen molar-refractivity contribution in [3.05, 3.63) is 23.8 Å². The number of ketones is 1. The van der Waals surface area contributed by atoms with E-state index in [0.717, 1.165) is 0 Å². The summed E-state index contributed by atoms with van der Waals surface area (Å²) in [5.74, 6) is -5.64. The van der Waals surface area contributed by atoms with Gasteiger partial charge in [0.25, 0.3) is 0 Å². The second-order valence-electron chi connectivity index (χ2n) is 8.64. The molecule has 0 unspecified atom stereocenters. The van der Waals surface area contributed by atoms with Gasteiger partial charge in [0.1, 0.15) is 11.5 Å². The Balaban J connectivity index is 1.98. The van der Waals surface area contributed by atoms with Crippen molar-refractivity contribution in [1.82, 2.24) is 0 Å². The van der Waals surface area contributed by atoms with Crippen molar-refractivity contribution >= 4 is 17.7 Å². The number of carbonyl (C=O) groups excluding carboxylic acids is 1. The van der Waals surface area contributed by atoms with Gasteiger partial charge in [0.05, 0.1) is 11.5 Å². The largest absolute Gasteiger partial charge is 0.481 e. The normalized spacial score (nSPS) is 49.4. The minimum Gasteiger partial charge on any atom is -0.481 e. The van der Waals surface area contributed by atoms with Crippen LogP contribution in [0.1, 0.15) is 32.6 Å². The van der Waals surface area contributed by atoms with Crippen molar-refractivity contribution in [2.24, 2.45) is 28.6 Å². The second-order valence-corrected chi connectivity index (χ2v) is 8.64. The van der Waals surface area contributed by atoms with Crippen molar-refractivity contribution < 1.29 is 34.8 Å². The van der Waals surface area contributed by atoms with Crippen LogP contribution in [-0.4, -0.2) is 49.9 Å². The van der Waals surface area contributed by atoms with E-state index in [4.69, 9.17) is 0 Å². The van der Waals surface area contributed by atoms with Gasteiger partial charge in [-0.3, -0.25) is 14.4 Å². The van der Waals surface area contributed by atoms with Crippen molar-refractivity contribution in [2.75, 3.05) is 0 Å². The van der Waals surface area contributed by atoms with Crippen molar-refractivity contribution in [3.8, 4) is 0 Å². The molecule has 7 nitrogen and oxygen atoms in total. The third kappa shape index (κ3) is 1.73. The molecule has 1 spiro atoms. The van der Waals surface area contributed by atoms with Gasteiger partial charge in [-0.25, -0.2) is 0 Å². The smallest absolute Gasteiger partial charge is 0.313 e. The summed E-state index contributed by atoms with van der Waals surface area (Å²) < 4.78 is 0. The van der Waals surface area contributed by atoms with Gasteiger partial charge >= 0.3 is 11.9 Å². The molecule has 0 aromatic rings. The molecule has 26 heavy (non-hydrogen) atoms. The lowest BCUT2D eigenvalue weighted by Crippen LogP contribution is -2.55. The number of rotatable bonds is 2. The van der Waals surface area contributed by atoms with E-state index < -0.39 is 52.1 Å². The van der Waals surface area contributed by atoms with Gasteiger partial charge in [0.2, 0.25) is 0 Å². The average Bonchev–Trinajstić information content (AvgIpc) is 2.92. The molecule has 7 heteroatoms. The van der Waals surface area contributed by atoms with Gasteiger partial charge in [-0.1, -0.05) is 12.2 Å².